The number of nitrogens with one attached hydrogen (secondary N) is 2. The van der Waals surface area contributed by atoms with Gasteiger partial charge in [-0.2, -0.15) is 0 Å². The van der Waals surface area contributed by atoms with Crippen molar-refractivity contribution in [2.45, 2.75) is 0 Å². The summed E-state index contributed by atoms with van der Waals surface area (Å²) in [7, 11) is 0. The molecule has 0 radical (unpaired) electrons. The summed E-state index contributed by atoms with van der Waals surface area (Å²) in [5, 5.41) is 29.0. The minimum Gasteiger partial charge on any atom is -0.586 e. The van der Waals surface area contributed by atoms with E-state index in [-0.39, 0.29) is 19.0 Å². The quantitative estimate of drug-likeness (QED) is 0.171. The number of quaternary nitrogens is 1. The van der Waals surface area contributed by atoms with Gasteiger partial charge in [-0.05, 0) is 4.92 Å². The van der Waals surface area contributed by atoms with Gasteiger partial charge in [-0.3, -0.25) is 5.32 Å². The molecule has 1 fully saturated rings. The number of rotatable bonds is 2. The number of hydroxylamine groups is 2. The summed E-state index contributed by atoms with van der Waals surface area (Å²) in [5.41, 5.74) is 0. The SMILES string of the molecule is O=[N+]([O-])C(=N[N+]1([O-])CCNC1)c1ncc[nH]1. The largest absolute Gasteiger partial charge is 0.586 e. The molecule has 1 aromatic rings. The van der Waals surface area contributed by atoms with E-state index < -0.39 is 15.5 Å². The average Bonchev–Trinajstić information content (AvgIpc) is 2.85. The molecule has 1 aliphatic rings. The molecule has 1 atom stereocenters. The molecule has 0 spiro atoms. The summed E-state index contributed by atoms with van der Waals surface area (Å²) in [5.74, 6) is -0.547. The van der Waals surface area contributed by atoms with Gasteiger partial charge in [0.2, 0.25) is 5.82 Å². The fraction of sp³-hybridized carbons (Fsp3) is 0.429. The van der Waals surface area contributed by atoms with Gasteiger partial charge in [0.05, 0.1) is 6.54 Å². The van der Waals surface area contributed by atoms with Crippen LogP contribution in [-0.2, 0) is 0 Å². The van der Waals surface area contributed by atoms with Crippen molar-refractivity contribution in [2.75, 3.05) is 19.8 Å². The molecule has 2 rings (SSSR count). The van der Waals surface area contributed by atoms with Crippen LogP contribution < -0.4 is 5.32 Å². The normalized spacial score (nSPS) is 25.9. The summed E-state index contributed by atoms with van der Waals surface area (Å²) in [4.78, 5) is 16.3. The van der Waals surface area contributed by atoms with Crippen molar-refractivity contribution in [2.24, 2.45) is 5.10 Å². The van der Waals surface area contributed by atoms with Crippen LogP contribution in [0.4, 0.5) is 0 Å². The molecule has 1 aliphatic heterocycles. The standard InChI is InChI=1S/C7H10N6O3/c14-12(15)7(6-9-1-2-10-6)11-13(16)4-3-8-5-13/h1-2,8H,3-5H2,(H,9,10). The smallest absolute Gasteiger partial charge is 0.466 e. The van der Waals surface area contributed by atoms with Gasteiger partial charge in [0.25, 0.3) is 0 Å². The Balaban J connectivity index is 2.33. The maximum Gasteiger partial charge on any atom is 0.466 e. The fourth-order valence-electron chi connectivity index (χ4n) is 1.40. The first kappa shape index (κ1) is 10.7. The molecule has 0 aromatic carbocycles. The maximum atomic E-state index is 11.9. The van der Waals surface area contributed by atoms with Crippen molar-refractivity contribution in [3.8, 4) is 0 Å². The Morgan fingerprint density at radius 3 is 3.00 bits per heavy atom. The summed E-state index contributed by atoms with van der Waals surface area (Å²) in [6.45, 7) is 0.715. The van der Waals surface area contributed by atoms with E-state index in [9.17, 15) is 15.3 Å². The molecule has 1 unspecified atom stereocenters. The molecule has 1 saturated heterocycles. The van der Waals surface area contributed by atoms with Crippen molar-refractivity contribution >= 4 is 5.84 Å². The highest BCUT2D eigenvalue weighted by molar-refractivity contribution is 5.87. The van der Waals surface area contributed by atoms with Gasteiger partial charge in [-0.15, -0.1) is 4.76 Å². The second-order valence-corrected chi connectivity index (χ2v) is 3.35. The number of hydrogen-bond acceptors (Lipinski definition) is 6. The fourth-order valence-corrected chi connectivity index (χ4v) is 1.40. The van der Waals surface area contributed by atoms with Gasteiger partial charge in [-0.25, -0.2) is 4.98 Å². The van der Waals surface area contributed by atoms with Crippen molar-refractivity contribution in [3.63, 3.8) is 0 Å². The lowest BCUT2D eigenvalue weighted by Gasteiger charge is -2.22. The zero-order valence-electron chi connectivity index (χ0n) is 8.29. The van der Waals surface area contributed by atoms with Crippen molar-refractivity contribution in [1.82, 2.24) is 15.3 Å². The highest BCUT2D eigenvalue weighted by atomic mass is 16.6. The summed E-state index contributed by atoms with van der Waals surface area (Å²) < 4.78 is -0.989. The van der Waals surface area contributed by atoms with Crippen LogP contribution in [-0.4, -0.2) is 45.2 Å². The molecule has 9 heteroatoms. The van der Waals surface area contributed by atoms with E-state index in [1.807, 2.05) is 0 Å². The van der Waals surface area contributed by atoms with Crippen LogP contribution in [0.2, 0.25) is 0 Å². The number of aromatic nitrogens is 2. The molecular weight excluding hydrogens is 216 g/mol. The molecule has 0 amide bonds. The van der Waals surface area contributed by atoms with Crippen molar-refractivity contribution in [3.05, 3.63) is 33.5 Å². The van der Waals surface area contributed by atoms with E-state index in [1.54, 1.807) is 0 Å². The molecule has 0 bridgehead atoms. The minimum atomic E-state index is -0.989. The Morgan fingerprint density at radius 1 is 1.69 bits per heavy atom. The maximum absolute atomic E-state index is 11.9. The highest BCUT2D eigenvalue weighted by Gasteiger charge is 2.33. The third kappa shape index (κ3) is 2.05. The lowest BCUT2D eigenvalue weighted by molar-refractivity contribution is -0.877. The Morgan fingerprint density at radius 2 is 2.50 bits per heavy atom. The minimum absolute atomic E-state index is 0.00903. The van der Waals surface area contributed by atoms with Gasteiger partial charge in [0, 0.05) is 12.4 Å². The number of imidazole rings is 1. The number of amidine groups is 1. The third-order valence-electron chi connectivity index (χ3n) is 2.16. The lowest BCUT2D eigenvalue weighted by atomic mass is 10.5. The van der Waals surface area contributed by atoms with E-state index in [0.29, 0.717) is 6.54 Å². The summed E-state index contributed by atoms with van der Waals surface area (Å²) in [6, 6.07) is 0. The highest BCUT2D eigenvalue weighted by Crippen LogP contribution is 2.10. The molecule has 16 heavy (non-hydrogen) atoms. The van der Waals surface area contributed by atoms with E-state index in [2.05, 4.69) is 20.4 Å². The van der Waals surface area contributed by atoms with Crippen LogP contribution in [0.3, 0.4) is 0 Å². The Bertz CT molecular complexity index is 408. The number of hydrogen-bond donors (Lipinski definition) is 2. The van der Waals surface area contributed by atoms with Crippen LogP contribution in [0.15, 0.2) is 17.5 Å². The zero-order chi connectivity index (χ0) is 11.6. The molecule has 86 valence electrons. The molecule has 2 heterocycles. The van der Waals surface area contributed by atoms with E-state index >= 15 is 0 Å². The Hall–Kier alpha value is -1.84. The monoisotopic (exact) mass is 226 g/mol. The third-order valence-corrected chi connectivity index (χ3v) is 2.16. The topological polar surface area (TPSA) is 119 Å². The second-order valence-electron chi connectivity index (χ2n) is 3.35. The Kier molecular flexibility index (Phi) is 2.64. The second kappa shape index (κ2) is 3.96. The van der Waals surface area contributed by atoms with E-state index in [1.165, 1.54) is 12.4 Å². The molecule has 2 N–H and O–H groups in total. The van der Waals surface area contributed by atoms with Gasteiger partial charge < -0.3 is 20.3 Å². The number of nitro groups is 1. The van der Waals surface area contributed by atoms with Crippen LogP contribution in [0.5, 0.6) is 0 Å². The van der Waals surface area contributed by atoms with Crippen LogP contribution in [0.25, 0.3) is 0 Å². The molecule has 1 aromatic heterocycles. The predicted molar refractivity (Wildman–Crippen MR) is 53.5 cm³/mol. The van der Waals surface area contributed by atoms with Crippen molar-refractivity contribution in [1.29, 1.82) is 0 Å². The van der Waals surface area contributed by atoms with Gasteiger partial charge in [-0.1, -0.05) is 0 Å². The van der Waals surface area contributed by atoms with Crippen LogP contribution in [0, 0.1) is 15.3 Å². The van der Waals surface area contributed by atoms with Crippen molar-refractivity contribution < 1.29 is 9.68 Å². The lowest BCUT2D eigenvalue weighted by Crippen LogP contribution is -2.37. The molecular formula is C7H10N6O3. The number of aromatic amines is 1. The summed E-state index contributed by atoms with van der Waals surface area (Å²) >= 11 is 0. The van der Waals surface area contributed by atoms with Crippen LogP contribution >= 0.6 is 0 Å². The van der Waals surface area contributed by atoms with Crippen LogP contribution in [0.1, 0.15) is 5.82 Å². The van der Waals surface area contributed by atoms with Gasteiger partial charge in [0.1, 0.15) is 6.54 Å². The summed E-state index contributed by atoms with van der Waals surface area (Å²) in [6.07, 6.45) is 2.80. The first-order valence-corrected chi connectivity index (χ1v) is 4.64. The predicted octanol–water partition coefficient (Wildman–Crippen LogP) is -0.777. The number of nitrogens with zero attached hydrogens (tertiary/aromatic N) is 4. The first-order chi connectivity index (χ1) is 7.61. The zero-order valence-corrected chi connectivity index (χ0v) is 8.29. The van der Waals surface area contributed by atoms with E-state index in [0.717, 1.165) is 0 Å². The van der Waals surface area contributed by atoms with Gasteiger partial charge >= 0.3 is 5.84 Å². The van der Waals surface area contributed by atoms with Gasteiger partial charge in [0.15, 0.2) is 11.8 Å². The first-order valence-electron chi connectivity index (χ1n) is 4.64. The average molecular weight is 226 g/mol. The molecule has 9 nitrogen and oxygen atoms in total. The number of H-pyrrole nitrogens is 1. The Labute approximate surface area is 90.1 Å². The molecule has 0 saturated carbocycles. The van der Waals surface area contributed by atoms with E-state index in [4.69, 9.17) is 0 Å². The molecule has 0 aliphatic carbocycles.